The van der Waals surface area contributed by atoms with Gasteiger partial charge in [-0.05, 0) is 30.0 Å². The molecule has 2 N–H and O–H groups in total. The Labute approximate surface area is 118 Å². The molecule has 0 atom stereocenters. The summed E-state index contributed by atoms with van der Waals surface area (Å²) in [7, 11) is 0. The first kappa shape index (κ1) is 13.8. The minimum atomic E-state index is 0.159. The van der Waals surface area contributed by atoms with Gasteiger partial charge in [-0.2, -0.15) is 0 Å². The Morgan fingerprint density at radius 3 is 2.53 bits per heavy atom. The van der Waals surface area contributed by atoms with Crippen LogP contribution in [0.2, 0.25) is 5.02 Å². The van der Waals surface area contributed by atoms with Gasteiger partial charge >= 0.3 is 0 Å². The molecule has 0 radical (unpaired) electrons. The predicted molar refractivity (Wildman–Crippen MR) is 80.0 cm³/mol. The fourth-order valence-electron chi connectivity index (χ4n) is 1.95. The summed E-state index contributed by atoms with van der Waals surface area (Å²) in [6, 6.07) is 9.57. The molecule has 19 heavy (non-hydrogen) atoms. The monoisotopic (exact) mass is 275 g/mol. The fraction of sp³-hybridized carbons (Fsp3) is 0.333. The Bertz CT molecular complexity index is 588. The molecule has 0 unspecified atom stereocenters. The maximum Gasteiger partial charge on any atom is 0.220 e. The largest absolute Gasteiger partial charge is 0.368 e. The van der Waals surface area contributed by atoms with Gasteiger partial charge in [-0.1, -0.05) is 44.5 Å². The molecule has 0 spiro atoms. The molecule has 0 aliphatic heterocycles. The van der Waals surface area contributed by atoms with E-state index in [0.717, 1.165) is 23.4 Å². The topological polar surface area (TPSA) is 51.8 Å². The van der Waals surface area contributed by atoms with Crippen LogP contribution < -0.4 is 5.73 Å². The third-order valence-corrected chi connectivity index (χ3v) is 2.86. The van der Waals surface area contributed by atoms with Crippen molar-refractivity contribution in [2.75, 3.05) is 5.73 Å². The maximum atomic E-state index is 6.01. The average Bonchev–Trinajstić information content (AvgIpc) is 2.25. The number of hydrogen-bond acceptors (Lipinski definition) is 3. The first-order valence-electron chi connectivity index (χ1n) is 6.23. The van der Waals surface area contributed by atoms with Crippen molar-refractivity contribution in [2.45, 2.75) is 27.2 Å². The summed E-state index contributed by atoms with van der Waals surface area (Å²) in [6.45, 7) is 6.51. The highest BCUT2D eigenvalue weighted by molar-refractivity contribution is 6.30. The van der Waals surface area contributed by atoms with Gasteiger partial charge in [0, 0.05) is 16.3 Å². The van der Waals surface area contributed by atoms with Crippen LogP contribution in [0.3, 0.4) is 0 Å². The van der Waals surface area contributed by atoms with Crippen molar-refractivity contribution >= 4 is 17.5 Å². The van der Waals surface area contributed by atoms with Crippen LogP contribution in [0.5, 0.6) is 0 Å². The van der Waals surface area contributed by atoms with Crippen molar-refractivity contribution in [1.82, 2.24) is 9.97 Å². The normalized spacial score (nSPS) is 11.6. The summed E-state index contributed by atoms with van der Waals surface area (Å²) in [6.07, 6.45) is 0.854. The van der Waals surface area contributed by atoms with Gasteiger partial charge in [0.25, 0.3) is 0 Å². The Hall–Kier alpha value is -1.61. The molecule has 0 fully saturated rings. The second-order valence-electron chi connectivity index (χ2n) is 5.85. The van der Waals surface area contributed by atoms with E-state index in [1.807, 2.05) is 30.3 Å². The molecular weight excluding hydrogens is 258 g/mol. The zero-order valence-corrected chi connectivity index (χ0v) is 12.2. The zero-order valence-electron chi connectivity index (χ0n) is 11.4. The molecule has 2 rings (SSSR count). The smallest absolute Gasteiger partial charge is 0.220 e. The third-order valence-electron chi connectivity index (χ3n) is 2.63. The fourth-order valence-corrected chi connectivity index (χ4v) is 2.14. The van der Waals surface area contributed by atoms with Gasteiger partial charge < -0.3 is 5.73 Å². The number of hydrogen-bond donors (Lipinski definition) is 1. The summed E-state index contributed by atoms with van der Waals surface area (Å²) >= 11 is 6.01. The van der Waals surface area contributed by atoms with Gasteiger partial charge in [0.2, 0.25) is 5.95 Å². The van der Waals surface area contributed by atoms with E-state index in [0.29, 0.717) is 11.0 Å². The Morgan fingerprint density at radius 2 is 1.89 bits per heavy atom. The van der Waals surface area contributed by atoms with Gasteiger partial charge in [-0.25, -0.2) is 9.97 Å². The van der Waals surface area contributed by atoms with Crippen LogP contribution in [0.1, 0.15) is 26.5 Å². The number of aromatic nitrogens is 2. The van der Waals surface area contributed by atoms with Gasteiger partial charge in [0.15, 0.2) is 0 Å². The molecule has 1 aromatic carbocycles. The maximum absolute atomic E-state index is 6.01. The van der Waals surface area contributed by atoms with E-state index in [2.05, 4.69) is 30.7 Å². The van der Waals surface area contributed by atoms with Crippen LogP contribution in [-0.2, 0) is 6.42 Å². The van der Waals surface area contributed by atoms with E-state index < -0.39 is 0 Å². The molecule has 2 aromatic rings. The number of nitrogen functional groups attached to an aromatic ring is 1. The molecule has 0 aliphatic carbocycles. The Morgan fingerprint density at radius 1 is 1.16 bits per heavy atom. The van der Waals surface area contributed by atoms with Crippen LogP contribution in [0.4, 0.5) is 5.95 Å². The molecule has 0 aliphatic rings. The van der Waals surface area contributed by atoms with Crippen LogP contribution in [0, 0.1) is 5.41 Å². The average molecular weight is 276 g/mol. The quantitative estimate of drug-likeness (QED) is 0.902. The third kappa shape index (κ3) is 3.93. The zero-order chi connectivity index (χ0) is 14.0. The molecular formula is C15H18ClN3. The number of anilines is 1. The predicted octanol–water partition coefficient (Wildman–Crippen LogP) is 3.97. The highest BCUT2D eigenvalue weighted by atomic mass is 35.5. The minimum Gasteiger partial charge on any atom is -0.368 e. The molecule has 0 saturated heterocycles. The molecule has 4 heteroatoms. The van der Waals surface area contributed by atoms with E-state index in [4.69, 9.17) is 17.3 Å². The number of nitrogens with zero attached hydrogens (tertiary/aromatic N) is 2. The lowest BCUT2D eigenvalue weighted by Gasteiger charge is -2.17. The van der Waals surface area contributed by atoms with Crippen molar-refractivity contribution in [2.24, 2.45) is 5.41 Å². The molecule has 1 heterocycles. The Balaban J connectivity index is 2.42. The summed E-state index contributed by atoms with van der Waals surface area (Å²) in [5.74, 6) is 0.303. The van der Waals surface area contributed by atoms with Gasteiger partial charge in [0.05, 0.1) is 5.69 Å². The summed E-state index contributed by atoms with van der Waals surface area (Å²) in [5.41, 5.74) is 8.68. The number of benzene rings is 1. The summed E-state index contributed by atoms with van der Waals surface area (Å²) < 4.78 is 0. The van der Waals surface area contributed by atoms with Crippen LogP contribution in [0.25, 0.3) is 11.3 Å². The lowest BCUT2D eigenvalue weighted by molar-refractivity contribution is 0.406. The van der Waals surface area contributed by atoms with E-state index >= 15 is 0 Å². The van der Waals surface area contributed by atoms with Crippen LogP contribution in [-0.4, -0.2) is 9.97 Å². The molecule has 100 valence electrons. The lowest BCUT2D eigenvalue weighted by atomic mass is 9.90. The summed E-state index contributed by atoms with van der Waals surface area (Å²) in [5, 5.41) is 0.687. The van der Waals surface area contributed by atoms with Crippen molar-refractivity contribution in [3.8, 4) is 11.3 Å². The lowest BCUT2D eigenvalue weighted by Crippen LogP contribution is -2.12. The minimum absolute atomic E-state index is 0.159. The Kier molecular flexibility index (Phi) is 3.76. The van der Waals surface area contributed by atoms with E-state index in [1.165, 1.54) is 0 Å². The van der Waals surface area contributed by atoms with Gasteiger partial charge in [-0.15, -0.1) is 0 Å². The highest BCUT2D eigenvalue weighted by Gasteiger charge is 2.14. The van der Waals surface area contributed by atoms with Crippen molar-refractivity contribution in [3.63, 3.8) is 0 Å². The van der Waals surface area contributed by atoms with Crippen molar-refractivity contribution in [3.05, 3.63) is 41.0 Å². The second kappa shape index (κ2) is 5.17. The second-order valence-corrected chi connectivity index (χ2v) is 6.29. The van der Waals surface area contributed by atoms with E-state index in [1.54, 1.807) is 0 Å². The first-order chi connectivity index (χ1) is 8.83. The first-order valence-corrected chi connectivity index (χ1v) is 6.61. The molecule has 0 amide bonds. The number of nitrogens with two attached hydrogens (primary N) is 1. The SMILES string of the molecule is CC(C)(C)Cc1cc(-c2cccc(Cl)c2)nc(N)n1. The number of halogens is 1. The molecule has 0 bridgehead atoms. The molecule has 3 nitrogen and oxygen atoms in total. The van der Waals surface area contributed by atoms with E-state index in [-0.39, 0.29) is 5.41 Å². The van der Waals surface area contributed by atoms with Gasteiger partial charge in [-0.3, -0.25) is 0 Å². The molecule has 1 aromatic heterocycles. The molecule has 0 saturated carbocycles. The van der Waals surface area contributed by atoms with Crippen LogP contribution >= 0.6 is 11.6 Å². The van der Waals surface area contributed by atoms with Crippen molar-refractivity contribution < 1.29 is 0 Å². The van der Waals surface area contributed by atoms with Crippen molar-refractivity contribution in [1.29, 1.82) is 0 Å². The van der Waals surface area contributed by atoms with Crippen LogP contribution in [0.15, 0.2) is 30.3 Å². The standard InChI is InChI=1S/C15H18ClN3/c1-15(2,3)9-12-8-13(19-14(17)18-12)10-5-4-6-11(16)7-10/h4-8H,9H2,1-3H3,(H2,17,18,19). The number of rotatable bonds is 2. The summed E-state index contributed by atoms with van der Waals surface area (Å²) in [4.78, 5) is 8.58. The van der Waals surface area contributed by atoms with E-state index in [9.17, 15) is 0 Å². The highest BCUT2D eigenvalue weighted by Crippen LogP contribution is 2.25. The van der Waals surface area contributed by atoms with Gasteiger partial charge in [0.1, 0.15) is 0 Å².